The summed E-state index contributed by atoms with van der Waals surface area (Å²) >= 11 is 3.79. The van der Waals surface area contributed by atoms with Crippen molar-refractivity contribution in [3.05, 3.63) is 73.0 Å². The minimum absolute atomic E-state index is 0.0722. The number of thiol groups is 1. The minimum atomic E-state index is -0.953. The number of carbonyl (C=O) groups excluding carboxylic acids is 6. The lowest BCUT2D eigenvalue weighted by Gasteiger charge is -2.36. The van der Waals surface area contributed by atoms with Crippen LogP contribution in [-0.2, 0) is 30.5 Å². The fourth-order valence-electron chi connectivity index (χ4n) is 4.77. The summed E-state index contributed by atoms with van der Waals surface area (Å²) < 4.78 is 0. The van der Waals surface area contributed by atoms with Crippen molar-refractivity contribution in [3.63, 3.8) is 0 Å². The van der Waals surface area contributed by atoms with Crippen molar-refractivity contribution in [2.24, 2.45) is 5.41 Å². The molecule has 13 nitrogen and oxygen atoms in total. The number of likely N-dealkylation sites (tertiary alicyclic amines) is 1. The molecule has 3 rings (SSSR count). The summed E-state index contributed by atoms with van der Waals surface area (Å²) in [6.45, 7) is 23.0. The van der Waals surface area contributed by atoms with E-state index in [1.807, 2.05) is 85.7 Å². The van der Waals surface area contributed by atoms with E-state index in [-0.39, 0.29) is 30.3 Å². The molecule has 296 valence electrons. The molecule has 1 aromatic carbocycles. The molecule has 1 fully saturated rings. The molecular formula is C39H63N7O6S. The van der Waals surface area contributed by atoms with Crippen molar-refractivity contribution < 1.29 is 28.8 Å². The van der Waals surface area contributed by atoms with Crippen LogP contribution in [0.5, 0.6) is 0 Å². The van der Waals surface area contributed by atoms with E-state index < -0.39 is 41.3 Å². The van der Waals surface area contributed by atoms with E-state index in [2.05, 4.69) is 45.1 Å². The van der Waals surface area contributed by atoms with Crippen LogP contribution in [0, 0.1) is 5.41 Å². The predicted molar refractivity (Wildman–Crippen MR) is 214 cm³/mol. The van der Waals surface area contributed by atoms with Gasteiger partial charge in [0.15, 0.2) is 0 Å². The number of rotatable bonds is 13. The topological polar surface area (TPSA) is 171 Å². The Hall–Kier alpha value is -4.59. The van der Waals surface area contributed by atoms with Gasteiger partial charge in [-0.25, -0.2) is 4.98 Å². The predicted octanol–water partition coefficient (Wildman–Crippen LogP) is 4.99. The zero-order valence-electron chi connectivity index (χ0n) is 33.3. The van der Waals surface area contributed by atoms with Crippen molar-refractivity contribution in [1.82, 2.24) is 35.7 Å². The Balaban J connectivity index is 0. The fourth-order valence-corrected chi connectivity index (χ4v) is 4.77. The average Bonchev–Trinajstić information content (AvgIpc) is 3.66. The molecule has 53 heavy (non-hydrogen) atoms. The van der Waals surface area contributed by atoms with Gasteiger partial charge in [0.2, 0.25) is 24.1 Å². The fraction of sp³-hybridized carbons (Fsp3) is 0.538. The number of amides is 5. The zero-order valence-corrected chi connectivity index (χ0v) is 34.2. The second-order valence-electron chi connectivity index (χ2n) is 12.2. The third-order valence-electron chi connectivity index (χ3n) is 7.18. The zero-order chi connectivity index (χ0) is 41.0. The quantitative estimate of drug-likeness (QED) is 0.164. The molecule has 14 heteroatoms. The Kier molecular flexibility index (Phi) is 27.6. The molecule has 0 spiro atoms. The Morgan fingerprint density at radius 2 is 1.64 bits per heavy atom. The number of ketones is 1. The van der Waals surface area contributed by atoms with E-state index in [9.17, 15) is 28.8 Å². The molecule has 0 aliphatic carbocycles. The molecule has 1 aromatic heterocycles. The minimum Gasteiger partial charge on any atom is -0.355 e. The first kappa shape index (κ1) is 50.5. The van der Waals surface area contributed by atoms with Crippen LogP contribution >= 0.6 is 12.6 Å². The summed E-state index contributed by atoms with van der Waals surface area (Å²) in [5.41, 5.74) is 0.505. The molecule has 1 aliphatic heterocycles. The van der Waals surface area contributed by atoms with E-state index >= 15 is 0 Å². The van der Waals surface area contributed by atoms with Crippen LogP contribution in [-0.4, -0.2) is 92.6 Å². The highest BCUT2D eigenvalue weighted by Crippen LogP contribution is 2.27. The summed E-state index contributed by atoms with van der Waals surface area (Å²) in [5, 5.41) is 8.01. The lowest BCUT2D eigenvalue weighted by molar-refractivity contribution is -0.147. The van der Waals surface area contributed by atoms with E-state index in [0.29, 0.717) is 32.3 Å². The van der Waals surface area contributed by atoms with Gasteiger partial charge < -0.3 is 25.8 Å². The summed E-state index contributed by atoms with van der Waals surface area (Å²) in [4.78, 5) is 84.3. The molecular weight excluding hydrogens is 695 g/mol. The smallest absolute Gasteiger partial charge is 0.272 e. The van der Waals surface area contributed by atoms with Gasteiger partial charge in [-0.2, -0.15) is 12.6 Å². The molecule has 0 radical (unpaired) electrons. The number of benzene rings is 1. The van der Waals surface area contributed by atoms with Gasteiger partial charge in [0, 0.05) is 31.7 Å². The van der Waals surface area contributed by atoms with Crippen LogP contribution in [0.2, 0.25) is 0 Å². The molecule has 3 N–H and O–H groups in total. The number of hydrogen-bond acceptors (Lipinski definition) is 9. The number of nitrogens with zero attached hydrogens (tertiary/aromatic N) is 4. The number of Topliss-reactive ketones (excluding diaryl/α,β-unsaturated/α-hetero) is 1. The van der Waals surface area contributed by atoms with Crippen molar-refractivity contribution in [2.45, 2.75) is 113 Å². The molecule has 3 unspecified atom stereocenters. The number of hydrogen-bond donors (Lipinski definition) is 4. The lowest BCUT2D eigenvalue weighted by atomic mass is 9.85. The van der Waals surface area contributed by atoms with Crippen LogP contribution in [0.15, 0.2) is 61.7 Å². The second-order valence-corrected chi connectivity index (χ2v) is 12.8. The van der Waals surface area contributed by atoms with E-state index in [1.165, 1.54) is 41.5 Å². The molecule has 0 bridgehead atoms. The Labute approximate surface area is 322 Å². The van der Waals surface area contributed by atoms with E-state index in [0.717, 1.165) is 11.3 Å². The van der Waals surface area contributed by atoms with Crippen molar-refractivity contribution >= 4 is 48.5 Å². The average molecular weight is 758 g/mol. The maximum absolute atomic E-state index is 13.7. The van der Waals surface area contributed by atoms with Crippen LogP contribution < -0.4 is 16.0 Å². The highest BCUT2D eigenvalue weighted by molar-refractivity contribution is 7.80. The lowest BCUT2D eigenvalue weighted by Crippen LogP contribution is -2.60. The van der Waals surface area contributed by atoms with E-state index in [1.54, 1.807) is 6.92 Å². The van der Waals surface area contributed by atoms with Crippen LogP contribution in [0.3, 0.4) is 0 Å². The van der Waals surface area contributed by atoms with Gasteiger partial charge in [-0.15, -0.1) is 0 Å². The van der Waals surface area contributed by atoms with Gasteiger partial charge in [-0.05, 0) is 42.9 Å². The van der Waals surface area contributed by atoms with Gasteiger partial charge in [0.05, 0.1) is 12.7 Å². The number of nitrogens with one attached hydrogen (secondary N) is 3. The maximum atomic E-state index is 13.7. The molecule has 0 saturated carbocycles. The van der Waals surface area contributed by atoms with Gasteiger partial charge >= 0.3 is 0 Å². The summed E-state index contributed by atoms with van der Waals surface area (Å²) in [6.07, 6.45) is 7.45. The summed E-state index contributed by atoms with van der Waals surface area (Å²) in [7, 11) is 0. The molecule has 2 heterocycles. The molecule has 3 atom stereocenters. The molecule has 1 saturated heterocycles. The van der Waals surface area contributed by atoms with Crippen molar-refractivity contribution in [2.75, 3.05) is 18.8 Å². The first-order chi connectivity index (χ1) is 25.2. The molecule has 1 aliphatic rings. The number of aromatic nitrogens is 2. The van der Waals surface area contributed by atoms with Crippen molar-refractivity contribution in [1.29, 1.82) is 0 Å². The largest absolute Gasteiger partial charge is 0.355 e. The highest BCUT2D eigenvalue weighted by atomic mass is 32.1. The van der Waals surface area contributed by atoms with Gasteiger partial charge in [0.1, 0.15) is 29.6 Å². The second kappa shape index (κ2) is 28.9. The standard InChI is InChI=1S/C25H36N6O5.C8H9NO.C2H6S.2C2H6/c1-7-17(28-22(34)18-14-26-11-12-27-18)21(33)29-20(25(4,5)6)24(36)31-13-9-10-19(31)23(35)30(8-2)15-16(3)32;10-7-9-6-8-4-2-1-3-5-8;1-2-3;2*1-2/h8,11-12,14,17,19-20H,2,7,9-10,13,15H2,1,3-6H3,(H,28,34)(H,29,33);1-5,7H,6H2,(H,9,10);3H,2H2,1H3;2*1-2H3. The Bertz CT molecular complexity index is 1370. The normalized spacial score (nSPS) is 13.8. The van der Waals surface area contributed by atoms with Crippen LogP contribution in [0.4, 0.5) is 0 Å². The van der Waals surface area contributed by atoms with Crippen LogP contribution in [0.25, 0.3) is 0 Å². The summed E-state index contributed by atoms with van der Waals surface area (Å²) in [5.74, 6) is -1.10. The van der Waals surface area contributed by atoms with E-state index in [4.69, 9.17) is 0 Å². The van der Waals surface area contributed by atoms with Crippen LogP contribution in [0.1, 0.15) is 105 Å². The third-order valence-corrected chi connectivity index (χ3v) is 7.18. The first-order valence-electron chi connectivity index (χ1n) is 18.2. The maximum Gasteiger partial charge on any atom is 0.272 e. The number of carbonyl (C=O) groups is 6. The van der Waals surface area contributed by atoms with Gasteiger partial charge in [-0.3, -0.25) is 33.8 Å². The molecule has 5 amide bonds. The SMILES string of the molecule is C=CN(CC(C)=O)C(=O)C1CCCN1C(=O)C(NC(=O)C(CC)NC(=O)c1cnccn1)C(C)(C)C.CC.CC.CCS.O=CNCc1ccccc1. The monoisotopic (exact) mass is 757 g/mol. The first-order valence-corrected chi connectivity index (χ1v) is 18.8. The summed E-state index contributed by atoms with van der Waals surface area (Å²) in [6, 6.07) is 7.17. The van der Waals surface area contributed by atoms with Gasteiger partial charge in [0.25, 0.3) is 5.91 Å². The highest BCUT2D eigenvalue weighted by Gasteiger charge is 2.43. The third kappa shape index (κ3) is 19.2. The Morgan fingerprint density at radius 1 is 1.04 bits per heavy atom. The van der Waals surface area contributed by atoms with Crippen molar-refractivity contribution in [3.8, 4) is 0 Å². The Morgan fingerprint density at radius 3 is 2.11 bits per heavy atom. The molecule has 2 aromatic rings. The van der Waals surface area contributed by atoms with Gasteiger partial charge in [-0.1, -0.05) is 99.2 Å².